The Morgan fingerprint density at radius 2 is 1.93 bits per heavy atom. The molecule has 1 aliphatic rings. The van der Waals surface area contributed by atoms with Gasteiger partial charge in [0, 0.05) is 0 Å². The lowest BCUT2D eigenvalue weighted by Crippen LogP contribution is -2.14. The van der Waals surface area contributed by atoms with Crippen molar-refractivity contribution < 1.29 is 0 Å². The van der Waals surface area contributed by atoms with Gasteiger partial charge in [-0.15, -0.1) is 0 Å². The van der Waals surface area contributed by atoms with Crippen molar-refractivity contribution in [3.63, 3.8) is 0 Å². The van der Waals surface area contributed by atoms with E-state index >= 15 is 0 Å². The molecule has 0 amide bonds. The topological polar surface area (TPSA) is 0 Å². The summed E-state index contributed by atoms with van der Waals surface area (Å²) in [6, 6.07) is 6.83. The summed E-state index contributed by atoms with van der Waals surface area (Å²) in [6.45, 7) is 9.28. The van der Waals surface area contributed by atoms with Crippen LogP contribution in [-0.4, -0.2) is 0 Å². The van der Waals surface area contributed by atoms with Crippen molar-refractivity contribution in [1.82, 2.24) is 0 Å². The predicted molar refractivity (Wildman–Crippen MR) is 61.9 cm³/mol. The van der Waals surface area contributed by atoms with E-state index in [-0.39, 0.29) is 0 Å². The highest BCUT2D eigenvalue weighted by Gasteiger charge is 2.25. The molecule has 0 aliphatic heterocycles. The molecule has 76 valence electrons. The van der Waals surface area contributed by atoms with Gasteiger partial charge in [0.25, 0.3) is 0 Å². The van der Waals surface area contributed by atoms with Crippen molar-refractivity contribution in [3.05, 3.63) is 34.9 Å². The minimum atomic E-state index is 0.301. The summed E-state index contributed by atoms with van der Waals surface area (Å²) >= 11 is 0. The van der Waals surface area contributed by atoms with E-state index in [4.69, 9.17) is 0 Å². The summed E-state index contributed by atoms with van der Waals surface area (Å²) in [5.41, 5.74) is 5.08. The molecular formula is C14H20. The van der Waals surface area contributed by atoms with Crippen molar-refractivity contribution in [2.75, 3.05) is 0 Å². The van der Waals surface area contributed by atoms with Crippen LogP contribution in [-0.2, 0) is 11.8 Å². The van der Waals surface area contributed by atoms with Gasteiger partial charge < -0.3 is 0 Å². The standard InChI is InChI=1S/C14H20/c1-10-8-9-12-11(10)6-5-7-13(12)14(2,3)4/h5-7,10H,8-9H2,1-4H3/t10-/m0/s1. The van der Waals surface area contributed by atoms with E-state index in [0.717, 1.165) is 5.92 Å². The lowest BCUT2D eigenvalue weighted by Gasteiger charge is -2.23. The molecule has 0 radical (unpaired) electrons. The Hall–Kier alpha value is -0.780. The maximum absolute atomic E-state index is 2.35. The molecule has 1 aromatic carbocycles. The second-order valence-corrected chi connectivity index (χ2v) is 5.56. The van der Waals surface area contributed by atoms with Crippen molar-refractivity contribution in [1.29, 1.82) is 0 Å². The molecule has 0 heteroatoms. The summed E-state index contributed by atoms with van der Waals surface area (Å²) in [7, 11) is 0. The van der Waals surface area contributed by atoms with Crippen LogP contribution in [0.2, 0.25) is 0 Å². The molecule has 0 fully saturated rings. The third kappa shape index (κ3) is 1.47. The van der Waals surface area contributed by atoms with Crippen LogP contribution in [0.25, 0.3) is 0 Å². The summed E-state index contributed by atoms with van der Waals surface area (Å²) in [5.74, 6) is 0.771. The monoisotopic (exact) mass is 188 g/mol. The van der Waals surface area contributed by atoms with E-state index in [2.05, 4.69) is 45.9 Å². The molecule has 1 aromatic rings. The van der Waals surface area contributed by atoms with E-state index in [1.807, 2.05) is 0 Å². The second kappa shape index (κ2) is 3.12. The molecule has 0 nitrogen and oxygen atoms in total. The third-order valence-electron chi connectivity index (χ3n) is 3.38. The summed E-state index contributed by atoms with van der Waals surface area (Å²) in [4.78, 5) is 0. The van der Waals surface area contributed by atoms with Crippen LogP contribution < -0.4 is 0 Å². The van der Waals surface area contributed by atoms with Crippen LogP contribution in [0.1, 0.15) is 56.7 Å². The minimum absolute atomic E-state index is 0.301. The number of hydrogen-bond acceptors (Lipinski definition) is 0. The maximum Gasteiger partial charge on any atom is -0.0129 e. The van der Waals surface area contributed by atoms with E-state index < -0.39 is 0 Å². The molecule has 0 saturated heterocycles. The largest absolute Gasteiger partial charge is 0.0617 e. The lowest BCUT2D eigenvalue weighted by atomic mass is 9.82. The van der Waals surface area contributed by atoms with Gasteiger partial charge in [-0.1, -0.05) is 45.9 Å². The van der Waals surface area contributed by atoms with Gasteiger partial charge in [-0.05, 0) is 40.9 Å². The predicted octanol–water partition coefficient (Wildman–Crippen LogP) is 4.03. The van der Waals surface area contributed by atoms with Gasteiger partial charge in [-0.2, -0.15) is 0 Å². The van der Waals surface area contributed by atoms with Crippen LogP contribution in [0.5, 0.6) is 0 Å². The van der Waals surface area contributed by atoms with Crippen molar-refractivity contribution in [2.45, 2.75) is 51.9 Å². The highest BCUT2D eigenvalue weighted by Crippen LogP contribution is 2.38. The van der Waals surface area contributed by atoms with Crippen molar-refractivity contribution in [3.8, 4) is 0 Å². The normalized spacial score (nSPS) is 21.0. The molecule has 2 rings (SSSR count). The molecule has 0 spiro atoms. The van der Waals surface area contributed by atoms with Gasteiger partial charge in [-0.25, -0.2) is 0 Å². The fourth-order valence-electron chi connectivity index (χ4n) is 2.56. The Bertz CT molecular complexity index is 342. The number of rotatable bonds is 0. The smallest absolute Gasteiger partial charge is 0.0129 e. The zero-order valence-electron chi connectivity index (χ0n) is 9.72. The van der Waals surface area contributed by atoms with Crippen LogP contribution in [0.4, 0.5) is 0 Å². The van der Waals surface area contributed by atoms with Crippen LogP contribution in [0.3, 0.4) is 0 Å². The molecule has 0 unspecified atom stereocenters. The molecular weight excluding hydrogens is 168 g/mol. The van der Waals surface area contributed by atoms with E-state index in [9.17, 15) is 0 Å². The van der Waals surface area contributed by atoms with Gasteiger partial charge in [-0.3, -0.25) is 0 Å². The first-order valence-corrected chi connectivity index (χ1v) is 5.62. The Morgan fingerprint density at radius 1 is 1.21 bits per heavy atom. The van der Waals surface area contributed by atoms with Gasteiger partial charge in [0.1, 0.15) is 0 Å². The van der Waals surface area contributed by atoms with E-state index in [1.54, 1.807) is 16.7 Å². The molecule has 14 heavy (non-hydrogen) atoms. The zero-order valence-corrected chi connectivity index (χ0v) is 9.72. The fourth-order valence-corrected chi connectivity index (χ4v) is 2.56. The Morgan fingerprint density at radius 3 is 2.57 bits per heavy atom. The summed E-state index contributed by atoms with van der Waals surface area (Å²) < 4.78 is 0. The Kier molecular flexibility index (Phi) is 2.17. The van der Waals surface area contributed by atoms with E-state index in [1.165, 1.54) is 12.8 Å². The first-order chi connectivity index (χ1) is 6.50. The minimum Gasteiger partial charge on any atom is -0.0617 e. The third-order valence-corrected chi connectivity index (χ3v) is 3.38. The summed E-state index contributed by atoms with van der Waals surface area (Å²) in [6.07, 6.45) is 2.62. The maximum atomic E-state index is 2.35. The fraction of sp³-hybridized carbons (Fsp3) is 0.571. The van der Waals surface area contributed by atoms with E-state index in [0.29, 0.717) is 5.41 Å². The van der Waals surface area contributed by atoms with Gasteiger partial charge in [0.05, 0.1) is 0 Å². The average molecular weight is 188 g/mol. The van der Waals surface area contributed by atoms with Gasteiger partial charge in [0.2, 0.25) is 0 Å². The SMILES string of the molecule is C[C@H]1CCc2c1cccc2C(C)(C)C. The molecule has 1 aliphatic carbocycles. The highest BCUT2D eigenvalue weighted by molar-refractivity contribution is 5.43. The van der Waals surface area contributed by atoms with Crippen LogP contribution in [0.15, 0.2) is 18.2 Å². The van der Waals surface area contributed by atoms with Crippen molar-refractivity contribution in [2.24, 2.45) is 0 Å². The molecule has 0 bridgehead atoms. The quantitative estimate of drug-likeness (QED) is 0.576. The number of benzene rings is 1. The first kappa shape index (κ1) is 9.76. The second-order valence-electron chi connectivity index (χ2n) is 5.56. The van der Waals surface area contributed by atoms with Crippen LogP contribution >= 0.6 is 0 Å². The number of hydrogen-bond donors (Lipinski definition) is 0. The van der Waals surface area contributed by atoms with Gasteiger partial charge >= 0.3 is 0 Å². The number of fused-ring (bicyclic) bond motifs is 1. The lowest BCUT2D eigenvalue weighted by molar-refractivity contribution is 0.583. The Balaban J connectivity index is 2.55. The molecule has 0 saturated carbocycles. The first-order valence-electron chi connectivity index (χ1n) is 5.62. The Labute approximate surface area is 87.3 Å². The molecule has 0 N–H and O–H groups in total. The van der Waals surface area contributed by atoms with Gasteiger partial charge in [0.15, 0.2) is 0 Å². The summed E-state index contributed by atoms with van der Waals surface area (Å²) in [5, 5.41) is 0. The zero-order chi connectivity index (χ0) is 10.3. The van der Waals surface area contributed by atoms with Crippen molar-refractivity contribution >= 4 is 0 Å². The average Bonchev–Trinajstić information content (AvgIpc) is 2.46. The highest BCUT2D eigenvalue weighted by atomic mass is 14.3. The molecule has 1 atom stereocenters. The molecule has 0 aromatic heterocycles. The molecule has 0 heterocycles. The van der Waals surface area contributed by atoms with Crippen LogP contribution in [0, 0.1) is 0 Å².